The first-order chi connectivity index (χ1) is 34.5. The maximum absolute atomic E-state index is 12.5. The number of unbranched alkanes of at least 4 members (excludes halogenated alkanes) is 47. The van der Waals surface area contributed by atoms with Crippen LogP contribution in [0.2, 0.25) is 0 Å². The zero-order valence-electron chi connectivity index (χ0n) is 47.5. The van der Waals surface area contributed by atoms with Crippen LogP contribution in [0.4, 0.5) is 0 Å². The lowest BCUT2D eigenvalue weighted by Gasteiger charge is -2.22. The van der Waals surface area contributed by atoms with Gasteiger partial charge in [0.1, 0.15) is 0 Å². The molecular weight excluding hydrogens is 863 g/mol. The van der Waals surface area contributed by atoms with Crippen LogP contribution in [0.15, 0.2) is 12.2 Å². The van der Waals surface area contributed by atoms with Crippen molar-refractivity contribution >= 4 is 11.9 Å². The minimum Gasteiger partial charge on any atom is -0.466 e. The lowest BCUT2D eigenvalue weighted by Crippen LogP contribution is -2.45. The quantitative estimate of drug-likeness (QED) is 0.0321. The number of ether oxygens (including phenoxy) is 1. The van der Waals surface area contributed by atoms with Gasteiger partial charge in [-0.3, -0.25) is 9.59 Å². The number of nitrogens with one attached hydrogen (secondary N) is 1. The average molecular weight is 989 g/mol. The van der Waals surface area contributed by atoms with Gasteiger partial charge in [-0.2, -0.15) is 0 Å². The third-order valence-electron chi connectivity index (χ3n) is 15.1. The fourth-order valence-corrected chi connectivity index (χ4v) is 10.2. The van der Waals surface area contributed by atoms with Gasteiger partial charge < -0.3 is 20.3 Å². The largest absolute Gasteiger partial charge is 0.466 e. The fourth-order valence-electron chi connectivity index (χ4n) is 10.2. The number of hydrogen-bond acceptors (Lipinski definition) is 5. The van der Waals surface area contributed by atoms with Gasteiger partial charge in [0.15, 0.2) is 0 Å². The molecule has 2 unspecified atom stereocenters. The van der Waals surface area contributed by atoms with E-state index in [1.807, 2.05) is 0 Å². The van der Waals surface area contributed by atoms with Crippen LogP contribution in [-0.4, -0.2) is 47.4 Å². The van der Waals surface area contributed by atoms with Crippen molar-refractivity contribution in [3.8, 4) is 0 Å². The first-order valence-electron chi connectivity index (χ1n) is 31.9. The second-order valence-electron chi connectivity index (χ2n) is 22.1. The number of allylic oxidation sites excluding steroid dienone is 2. The molecule has 0 aliphatic heterocycles. The Morgan fingerprint density at radius 1 is 0.386 bits per heavy atom. The van der Waals surface area contributed by atoms with Crippen molar-refractivity contribution < 1.29 is 24.5 Å². The molecule has 0 aromatic heterocycles. The molecule has 0 aromatic rings. The summed E-state index contributed by atoms with van der Waals surface area (Å²) in [5, 5.41) is 23.3. The van der Waals surface area contributed by atoms with E-state index in [1.165, 1.54) is 289 Å². The minimum absolute atomic E-state index is 0.0106. The molecule has 0 aliphatic rings. The van der Waals surface area contributed by atoms with Gasteiger partial charge in [0.05, 0.1) is 25.4 Å². The number of aliphatic hydroxyl groups excluding tert-OH is 2. The number of hydrogen-bond donors (Lipinski definition) is 3. The van der Waals surface area contributed by atoms with Gasteiger partial charge in [0.25, 0.3) is 0 Å². The molecule has 416 valence electrons. The summed E-state index contributed by atoms with van der Waals surface area (Å²) < 4.78 is 5.49. The van der Waals surface area contributed by atoms with Crippen LogP contribution in [0.1, 0.15) is 361 Å². The van der Waals surface area contributed by atoms with Gasteiger partial charge >= 0.3 is 5.97 Å². The number of rotatable bonds is 60. The number of carbonyl (C=O) groups excluding carboxylic acids is 2. The van der Waals surface area contributed by atoms with Crippen molar-refractivity contribution in [1.82, 2.24) is 5.32 Å². The lowest BCUT2D eigenvalue weighted by molar-refractivity contribution is -0.143. The molecule has 70 heavy (non-hydrogen) atoms. The fraction of sp³-hybridized carbons (Fsp3) is 0.938. The maximum Gasteiger partial charge on any atom is 0.305 e. The van der Waals surface area contributed by atoms with Crippen LogP contribution in [0.3, 0.4) is 0 Å². The van der Waals surface area contributed by atoms with Gasteiger partial charge in [0.2, 0.25) is 5.91 Å². The normalized spacial score (nSPS) is 12.6. The lowest BCUT2D eigenvalue weighted by atomic mass is 10.0. The summed E-state index contributed by atoms with van der Waals surface area (Å²) in [6, 6.07) is -0.547. The van der Waals surface area contributed by atoms with Crippen LogP contribution in [0, 0.1) is 0 Å². The molecule has 6 heteroatoms. The van der Waals surface area contributed by atoms with E-state index in [1.54, 1.807) is 0 Å². The number of aliphatic hydroxyl groups is 2. The van der Waals surface area contributed by atoms with Gasteiger partial charge in [-0.25, -0.2) is 0 Å². The summed E-state index contributed by atoms with van der Waals surface area (Å²) in [7, 11) is 0. The van der Waals surface area contributed by atoms with Crippen molar-refractivity contribution in [3.63, 3.8) is 0 Å². The topological polar surface area (TPSA) is 95.9 Å². The van der Waals surface area contributed by atoms with Crippen molar-refractivity contribution in [3.05, 3.63) is 12.2 Å². The zero-order chi connectivity index (χ0) is 50.7. The van der Waals surface area contributed by atoms with E-state index in [-0.39, 0.29) is 18.5 Å². The van der Waals surface area contributed by atoms with Gasteiger partial charge in [-0.15, -0.1) is 0 Å². The number of esters is 1. The molecule has 6 nitrogen and oxygen atoms in total. The molecule has 0 rings (SSSR count). The molecule has 0 saturated heterocycles. The average Bonchev–Trinajstić information content (AvgIpc) is 3.36. The van der Waals surface area contributed by atoms with E-state index in [4.69, 9.17) is 4.74 Å². The number of carbonyl (C=O) groups is 2. The van der Waals surface area contributed by atoms with Crippen LogP contribution in [-0.2, 0) is 14.3 Å². The zero-order valence-corrected chi connectivity index (χ0v) is 47.5. The number of amides is 1. The molecular formula is C64H125NO5. The highest BCUT2D eigenvalue weighted by Crippen LogP contribution is 2.18. The van der Waals surface area contributed by atoms with Gasteiger partial charge in [-0.1, -0.05) is 309 Å². The Balaban J connectivity index is 3.41. The smallest absolute Gasteiger partial charge is 0.305 e. The molecule has 0 heterocycles. The summed E-state index contributed by atoms with van der Waals surface area (Å²) in [5.74, 6) is -0.0298. The van der Waals surface area contributed by atoms with Crippen molar-refractivity contribution in [2.45, 2.75) is 373 Å². The third-order valence-corrected chi connectivity index (χ3v) is 15.1. The molecule has 0 spiro atoms. The molecule has 3 N–H and O–H groups in total. The van der Waals surface area contributed by atoms with E-state index >= 15 is 0 Å². The Morgan fingerprint density at radius 2 is 0.671 bits per heavy atom. The Morgan fingerprint density at radius 3 is 1.01 bits per heavy atom. The summed E-state index contributed by atoms with van der Waals surface area (Å²) in [6.45, 7) is 4.98. The van der Waals surface area contributed by atoms with E-state index in [2.05, 4.69) is 31.3 Å². The Hall–Kier alpha value is -1.40. The molecule has 0 radical (unpaired) electrons. The Bertz CT molecular complexity index is 1050. The summed E-state index contributed by atoms with van der Waals surface area (Å²) in [6.07, 6.45) is 72.2. The van der Waals surface area contributed by atoms with E-state index in [0.717, 1.165) is 38.5 Å². The second kappa shape index (κ2) is 60.2. The van der Waals surface area contributed by atoms with Crippen LogP contribution in [0.5, 0.6) is 0 Å². The van der Waals surface area contributed by atoms with Gasteiger partial charge in [-0.05, 0) is 51.4 Å². The van der Waals surface area contributed by atoms with E-state index in [0.29, 0.717) is 25.9 Å². The highest BCUT2D eigenvalue weighted by molar-refractivity contribution is 5.76. The Kier molecular flexibility index (Phi) is 59.0. The molecule has 1 amide bonds. The molecule has 0 aliphatic carbocycles. The third kappa shape index (κ3) is 55.9. The SMILES string of the molecule is CCCCCCCCCCCCCCCCCCCC(O)C(CO)NC(=O)CCCCCCCCC/C=C\CCCCCCCCCCCOC(=O)CCCCCCCCCCCCCCCCCC. The predicted octanol–water partition coefficient (Wildman–Crippen LogP) is 20.0. The van der Waals surface area contributed by atoms with Gasteiger partial charge in [0, 0.05) is 12.8 Å². The van der Waals surface area contributed by atoms with E-state index in [9.17, 15) is 19.8 Å². The van der Waals surface area contributed by atoms with Crippen molar-refractivity contribution in [1.29, 1.82) is 0 Å². The highest BCUT2D eigenvalue weighted by atomic mass is 16.5. The monoisotopic (exact) mass is 988 g/mol. The first kappa shape index (κ1) is 68.6. The second-order valence-corrected chi connectivity index (χ2v) is 22.1. The van der Waals surface area contributed by atoms with Crippen LogP contribution in [0.25, 0.3) is 0 Å². The summed E-state index contributed by atoms with van der Waals surface area (Å²) in [4.78, 5) is 24.6. The van der Waals surface area contributed by atoms with E-state index < -0.39 is 12.1 Å². The molecule has 0 bridgehead atoms. The van der Waals surface area contributed by atoms with Crippen LogP contribution >= 0.6 is 0 Å². The molecule has 0 aromatic carbocycles. The molecule has 2 atom stereocenters. The van der Waals surface area contributed by atoms with Crippen LogP contribution < -0.4 is 5.32 Å². The Labute approximate surface area is 438 Å². The van der Waals surface area contributed by atoms with Crippen molar-refractivity contribution in [2.24, 2.45) is 0 Å². The van der Waals surface area contributed by atoms with Crippen molar-refractivity contribution in [2.75, 3.05) is 13.2 Å². The molecule has 0 fully saturated rings. The highest BCUT2D eigenvalue weighted by Gasteiger charge is 2.20. The minimum atomic E-state index is -0.669. The maximum atomic E-state index is 12.5. The first-order valence-corrected chi connectivity index (χ1v) is 31.9. The predicted molar refractivity (Wildman–Crippen MR) is 306 cm³/mol. The summed E-state index contributed by atoms with van der Waals surface area (Å²) >= 11 is 0. The standard InChI is InChI=1S/C64H125NO5/c1-3-5-7-9-11-13-15-17-19-25-28-32-36-40-44-48-52-56-62(67)61(60-66)65-63(68)57-53-49-45-41-37-33-29-26-23-21-22-24-27-31-35-39-43-47-51-55-59-70-64(69)58-54-50-46-42-38-34-30-20-18-16-14-12-10-8-6-4-2/h21,23,61-62,66-67H,3-20,22,24-60H2,1-2H3,(H,65,68)/b23-21-. The summed E-state index contributed by atoms with van der Waals surface area (Å²) in [5.41, 5.74) is 0. The molecule has 0 saturated carbocycles.